The van der Waals surface area contributed by atoms with Gasteiger partial charge in [-0.15, -0.1) is 23.2 Å². The summed E-state index contributed by atoms with van der Waals surface area (Å²) in [5.74, 6) is 3.61. The van der Waals surface area contributed by atoms with Gasteiger partial charge in [0.2, 0.25) is 0 Å². The van der Waals surface area contributed by atoms with Gasteiger partial charge in [0, 0.05) is 24.0 Å². The maximum Gasteiger partial charge on any atom is 0.129 e. The van der Waals surface area contributed by atoms with Crippen LogP contribution in [0.25, 0.3) is 0 Å². The van der Waals surface area contributed by atoms with E-state index in [1.54, 1.807) is 0 Å². The predicted octanol–water partition coefficient (Wildman–Crippen LogP) is 12.2. The van der Waals surface area contributed by atoms with E-state index in [0.717, 1.165) is 36.9 Å². The molecule has 0 bridgehead atoms. The lowest BCUT2D eigenvalue weighted by Gasteiger charge is -2.69. The largest absolute Gasteiger partial charge is 0.378 e. The average Bonchev–Trinajstić information content (AvgIpc) is 3.02. The number of ether oxygens (including phenoxy) is 2. The van der Waals surface area contributed by atoms with E-state index in [2.05, 4.69) is 13.8 Å². The number of alkyl halides is 2. The summed E-state index contributed by atoms with van der Waals surface area (Å²) < 4.78 is 12.0. The molecule has 0 aliphatic heterocycles. The Morgan fingerprint density at radius 1 is 0.476 bits per heavy atom. The van der Waals surface area contributed by atoms with Crippen LogP contribution in [-0.2, 0) is 9.47 Å². The Balaban J connectivity index is 0.990. The standard InChI is InChI=1S/C38H66Cl2O2/c1-3-5-7-9-27-41-34-15-11-30(12-16-34)32-19-23-36(24-20-32)29-37(38(36,39)40)25-21-33(22-26-37)31-13-17-35(18-14-31)42-28-10-8-6-4-2/h30-35H,3-29H2,1-2H3. The molecule has 0 N–H and O–H groups in total. The Kier molecular flexibility index (Phi) is 12.8. The first-order valence-corrected chi connectivity index (χ1v) is 19.8. The first-order chi connectivity index (χ1) is 20.4. The van der Waals surface area contributed by atoms with Gasteiger partial charge in [0.05, 0.1) is 12.2 Å². The number of hydrogen-bond acceptors (Lipinski definition) is 2. The molecule has 0 amide bonds. The summed E-state index contributed by atoms with van der Waals surface area (Å²) >= 11 is 14.9. The summed E-state index contributed by atoms with van der Waals surface area (Å²) in [4.78, 5) is 0. The van der Waals surface area contributed by atoms with Gasteiger partial charge in [0.15, 0.2) is 0 Å². The highest BCUT2D eigenvalue weighted by molar-refractivity contribution is 6.50. The molecule has 0 unspecified atom stereocenters. The fourth-order valence-electron chi connectivity index (χ4n) is 10.6. The molecule has 5 aliphatic carbocycles. The summed E-state index contributed by atoms with van der Waals surface area (Å²) in [5, 5.41) is 0. The van der Waals surface area contributed by atoms with Gasteiger partial charge in [-0.25, -0.2) is 0 Å². The van der Waals surface area contributed by atoms with Crippen LogP contribution in [0.2, 0.25) is 0 Å². The third kappa shape index (κ3) is 7.72. The highest BCUT2D eigenvalue weighted by Gasteiger charge is 2.72. The van der Waals surface area contributed by atoms with E-state index >= 15 is 0 Å². The molecule has 0 aromatic heterocycles. The maximum absolute atomic E-state index is 7.47. The van der Waals surface area contributed by atoms with Gasteiger partial charge in [-0.1, -0.05) is 52.4 Å². The first kappa shape index (κ1) is 33.9. The van der Waals surface area contributed by atoms with Gasteiger partial charge in [-0.3, -0.25) is 0 Å². The molecule has 5 fully saturated rings. The number of unbranched alkanes of at least 4 members (excludes halogenated alkanes) is 6. The molecule has 5 aliphatic rings. The Labute approximate surface area is 270 Å². The van der Waals surface area contributed by atoms with Crippen molar-refractivity contribution >= 4 is 23.2 Å². The lowest BCUT2D eigenvalue weighted by Crippen LogP contribution is -2.66. The van der Waals surface area contributed by atoms with Crippen LogP contribution in [0.5, 0.6) is 0 Å². The van der Waals surface area contributed by atoms with Crippen LogP contribution >= 0.6 is 23.2 Å². The number of hydrogen-bond donors (Lipinski definition) is 0. The molecule has 2 nitrogen and oxygen atoms in total. The fourth-order valence-corrected chi connectivity index (χ4v) is 11.7. The lowest BCUT2D eigenvalue weighted by molar-refractivity contribution is -0.123. The van der Waals surface area contributed by atoms with Gasteiger partial charge in [-0.05, 0) is 146 Å². The minimum absolute atomic E-state index is 0.199. The Morgan fingerprint density at radius 2 is 0.833 bits per heavy atom. The third-order valence-electron chi connectivity index (χ3n) is 13.5. The van der Waals surface area contributed by atoms with E-state index in [9.17, 15) is 0 Å². The molecule has 244 valence electrons. The van der Waals surface area contributed by atoms with E-state index in [1.807, 2.05) is 0 Å². The summed E-state index contributed by atoms with van der Waals surface area (Å²) in [6, 6.07) is 0. The Bertz CT molecular complexity index is 704. The monoisotopic (exact) mass is 624 g/mol. The van der Waals surface area contributed by atoms with Crippen LogP contribution in [0.3, 0.4) is 0 Å². The zero-order valence-electron chi connectivity index (χ0n) is 27.6. The molecule has 0 saturated heterocycles. The van der Waals surface area contributed by atoms with Gasteiger partial charge < -0.3 is 9.47 Å². The van der Waals surface area contributed by atoms with Crippen molar-refractivity contribution in [3.8, 4) is 0 Å². The Hall–Kier alpha value is 0.500. The van der Waals surface area contributed by atoms with E-state index in [-0.39, 0.29) is 10.8 Å². The van der Waals surface area contributed by atoms with Gasteiger partial charge in [-0.2, -0.15) is 0 Å². The molecule has 0 atom stereocenters. The second kappa shape index (κ2) is 15.9. The second-order valence-electron chi connectivity index (χ2n) is 15.9. The van der Waals surface area contributed by atoms with Crippen LogP contribution < -0.4 is 0 Å². The zero-order valence-corrected chi connectivity index (χ0v) is 29.1. The topological polar surface area (TPSA) is 18.5 Å². The Morgan fingerprint density at radius 3 is 1.17 bits per heavy atom. The summed E-state index contributed by atoms with van der Waals surface area (Å²) in [6.07, 6.45) is 34.0. The van der Waals surface area contributed by atoms with Crippen molar-refractivity contribution in [3.63, 3.8) is 0 Å². The van der Waals surface area contributed by atoms with Crippen molar-refractivity contribution in [1.82, 2.24) is 0 Å². The molecule has 4 heteroatoms. The smallest absolute Gasteiger partial charge is 0.129 e. The highest BCUT2D eigenvalue weighted by atomic mass is 35.5. The fraction of sp³-hybridized carbons (Fsp3) is 1.00. The van der Waals surface area contributed by atoms with Crippen LogP contribution in [-0.4, -0.2) is 29.8 Å². The minimum Gasteiger partial charge on any atom is -0.378 e. The third-order valence-corrected chi connectivity index (χ3v) is 15.1. The summed E-state index contributed by atoms with van der Waals surface area (Å²) in [5.41, 5.74) is 0.398. The minimum atomic E-state index is -0.498. The highest BCUT2D eigenvalue weighted by Crippen LogP contribution is 2.77. The molecular weight excluding hydrogens is 559 g/mol. The maximum atomic E-state index is 7.47. The molecule has 0 aromatic carbocycles. The number of halogens is 2. The van der Waals surface area contributed by atoms with Crippen molar-refractivity contribution in [3.05, 3.63) is 0 Å². The SMILES string of the molecule is CCCCCCOC1CCC(C2CCC3(CC2)CC2(CCC(C4CCC(OCCCCCC)CC4)CC2)C3(Cl)Cl)CC1. The van der Waals surface area contributed by atoms with Crippen molar-refractivity contribution in [1.29, 1.82) is 0 Å². The van der Waals surface area contributed by atoms with E-state index in [0.29, 0.717) is 12.2 Å². The molecule has 5 saturated carbocycles. The van der Waals surface area contributed by atoms with Crippen LogP contribution in [0.15, 0.2) is 0 Å². The van der Waals surface area contributed by atoms with E-state index in [1.165, 1.54) is 161 Å². The second-order valence-corrected chi connectivity index (χ2v) is 17.3. The van der Waals surface area contributed by atoms with Gasteiger partial charge in [0.1, 0.15) is 4.33 Å². The molecule has 0 heterocycles. The lowest BCUT2D eigenvalue weighted by atomic mass is 9.42. The van der Waals surface area contributed by atoms with Crippen LogP contribution in [0.4, 0.5) is 0 Å². The van der Waals surface area contributed by atoms with Crippen molar-refractivity contribution in [2.45, 2.75) is 191 Å². The molecule has 42 heavy (non-hydrogen) atoms. The quantitative estimate of drug-likeness (QED) is 0.141. The normalized spacial score (nSPS) is 40.3. The predicted molar refractivity (Wildman–Crippen MR) is 180 cm³/mol. The average molecular weight is 626 g/mol. The first-order valence-electron chi connectivity index (χ1n) is 19.0. The summed E-state index contributed by atoms with van der Waals surface area (Å²) in [6.45, 7) is 6.52. The van der Waals surface area contributed by atoms with Crippen molar-refractivity contribution in [2.75, 3.05) is 13.2 Å². The van der Waals surface area contributed by atoms with E-state index in [4.69, 9.17) is 32.7 Å². The van der Waals surface area contributed by atoms with Gasteiger partial charge in [0.25, 0.3) is 0 Å². The van der Waals surface area contributed by atoms with Crippen LogP contribution in [0, 0.1) is 34.5 Å². The molecular formula is C38H66Cl2O2. The van der Waals surface area contributed by atoms with Crippen LogP contribution in [0.1, 0.15) is 174 Å². The van der Waals surface area contributed by atoms with Crippen molar-refractivity contribution < 1.29 is 9.47 Å². The summed E-state index contributed by atoms with van der Waals surface area (Å²) in [7, 11) is 0. The van der Waals surface area contributed by atoms with Gasteiger partial charge >= 0.3 is 0 Å². The molecule has 5 rings (SSSR count). The van der Waals surface area contributed by atoms with E-state index < -0.39 is 4.33 Å². The van der Waals surface area contributed by atoms with Crippen molar-refractivity contribution in [2.24, 2.45) is 34.5 Å². The molecule has 2 spiro atoms. The number of rotatable bonds is 14. The molecule has 0 aromatic rings. The zero-order chi connectivity index (χ0) is 29.5. The molecule has 0 radical (unpaired) electrons.